The van der Waals surface area contributed by atoms with Crippen LogP contribution in [0.1, 0.15) is 6.42 Å². The molecule has 14 heteroatoms. The molecule has 0 unspecified atom stereocenters. The zero-order chi connectivity index (χ0) is 29.0. The van der Waals surface area contributed by atoms with Gasteiger partial charge in [-0.3, -0.25) is 0 Å². The topological polar surface area (TPSA) is 103 Å². The van der Waals surface area contributed by atoms with E-state index in [9.17, 15) is 0 Å². The van der Waals surface area contributed by atoms with Gasteiger partial charge < -0.3 is 45.9 Å². The van der Waals surface area contributed by atoms with Crippen LogP contribution in [0.2, 0.25) is 65.0 Å². The van der Waals surface area contributed by atoms with Gasteiger partial charge in [-0.2, -0.15) is 0 Å². The summed E-state index contributed by atoms with van der Waals surface area (Å²) in [6, 6.07) is 0.785. The molecule has 0 atom stereocenters. The van der Waals surface area contributed by atoms with Crippen LogP contribution in [-0.4, -0.2) is 125 Å². The van der Waals surface area contributed by atoms with E-state index in [0.717, 1.165) is 12.5 Å². The predicted molar refractivity (Wildman–Crippen MR) is 160 cm³/mol. The second-order valence-electron chi connectivity index (χ2n) is 11.8. The third-order valence-electron chi connectivity index (χ3n) is 4.25. The summed E-state index contributed by atoms with van der Waals surface area (Å²) >= 11 is 0. The minimum Gasteiger partial charge on any atom is -0.417 e. The molecule has 0 aromatic carbocycles. The highest BCUT2D eigenvalue weighted by molar-refractivity contribution is 6.90. The third-order valence-corrected chi connectivity index (χ3v) is 16.3. The van der Waals surface area contributed by atoms with Crippen molar-refractivity contribution in [1.82, 2.24) is 0 Å². The molecule has 1 N–H and O–H groups in total. The van der Waals surface area contributed by atoms with Gasteiger partial charge >= 0.3 is 8.80 Å². The molecule has 38 heavy (non-hydrogen) atoms. The first-order valence-corrected chi connectivity index (χ1v) is 26.0. The Morgan fingerprint density at radius 2 is 0.658 bits per heavy atom. The molecule has 0 aliphatic carbocycles. The highest BCUT2D eigenvalue weighted by Crippen LogP contribution is 2.29. The minimum absolute atomic E-state index is 0.0309. The fraction of sp³-hybridized carbons (Fsp3) is 1.00. The summed E-state index contributed by atoms with van der Waals surface area (Å²) in [6.07, 6.45) is 0.845. The lowest BCUT2D eigenvalue weighted by molar-refractivity contribution is -0.0181. The Morgan fingerprint density at radius 3 is 0.921 bits per heavy atom. The maximum Gasteiger partial charge on any atom is 0.469 e. The van der Waals surface area contributed by atoms with Gasteiger partial charge in [-0.1, -0.05) is 0 Å². The molecule has 0 rings (SSSR count). The van der Waals surface area contributed by atoms with Crippen molar-refractivity contribution in [2.45, 2.75) is 71.4 Å². The van der Waals surface area contributed by atoms with Crippen LogP contribution in [0.3, 0.4) is 0 Å². The van der Waals surface area contributed by atoms with Crippen molar-refractivity contribution in [1.29, 1.82) is 0 Å². The van der Waals surface area contributed by atoms with E-state index in [0.29, 0.717) is 79.3 Å². The minimum atomic E-state index is -2.79. The summed E-state index contributed by atoms with van der Waals surface area (Å²) in [6.45, 7) is 26.0. The summed E-state index contributed by atoms with van der Waals surface area (Å²) in [4.78, 5) is 0. The smallest absolute Gasteiger partial charge is 0.417 e. The highest BCUT2D eigenvalue weighted by atomic mass is 28.5. The highest BCUT2D eigenvalue weighted by Gasteiger charge is 2.49. The summed E-state index contributed by atoms with van der Waals surface area (Å²) in [5, 5.41) is 8.59. The van der Waals surface area contributed by atoms with E-state index in [1.807, 2.05) is 0 Å². The van der Waals surface area contributed by atoms with E-state index in [4.69, 9.17) is 45.9 Å². The molecule has 0 aromatic rings. The van der Waals surface area contributed by atoms with Crippen LogP contribution < -0.4 is 0 Å². The Labute approximate surface area is 236 Å². The SMILES string of the molecule is C[Si](C)(C)O[Si](CCCOCCOCCOCCOCCOCCOCCO)(O[Si](C)(C)C)O[Si](C)(C)C. The first-order chi connectivity index (χ1) is 17.7. The van der Waals surface area contributed by atoms with Crippen molar-refractivity contribution < 1.29 is 45.9 Å². The summed E-state index contributed by atoms with van der Waals surface area (Å²) in [5.74, 6) is 0. The molecule has 0 bridgehead atoms. The summed E-state index contributed by atoms with van der Waals surface area (Å²) in [5.41, 5.74) is 0. The molecule has 0 saturated carbocycles. The van der Waals surface area contributed by atoms with E-state index in [-0.39, 0.29) is 6.61 Å². The molecule has 0 radical (unpaired) electrons. The predicted octanol–water partition coefficient (Wildman–Crippen LogP) is 3.96. The van der Waals surface area contributed by atoms with Crippen LogP contribution in [0.4, 0.5) is 0 Å². The number of aliphatic hydroxyl groups is 1. The van der Waals surface area contributed by atoms with E-state index in [1.165, 1.54) is 0 Å². The Balaban J connectivity index is 3.94. The molecule has 0 saturated heterocycles. The number of rotatable bonds is 27. The van der Waals surface area contributed by atoms with Crippen molar-refractivity contribution in [3.63, 3.8) is 0 Å². The van der Waals surface area contributed by atoms with Crippen molar-refractivity contribution in [2.75, 3.05) is 85.9 Å². The Morgan fingerprint density at radius 1 is 0.395 bits per heavy atom. The van der Waals surface area contributed by atoms with Crippen molar-refractivity contribution >= 4 is 33.8 Å². The normalized spacial score (nSPS) is 13.4. The zero-order valence-electron chi connectivity index (χ0n) is 25.7. The molecule has 230 valence electrons. The summed E-state index contributed by atoms with van der Waals surface area (Å²) in [7, 11) is -8.33. The molecule has 0 spiro atoms. The monoisotopic (exact) mass is 618 g/mol. The van der Waals surface area contributed by atoms with Gasteiger partial charge in [0.2, 0.25) is 0 Å². The second-order valence-corrected chi connectivity index (χ2v) is 28.8. The maximum atomic E-state index is 8.59. The van der Waals surface area contributed by atoms with Crippen LogP contribution in [-0.2, 0) is 40.8 Å². The zero-order valence-corrected chi connectivity index (χ0v) is 29.7. The van der Waals surface area contributed by atoms with Crippen LogP contribution in [0, 0.1) is 0 Å². The molecule has 0 heterocycles. The lowest BCUT2D eigenvalue weighted by atomic mass is 10.5. The van der Waals surface area contributed by atoms with Crippen molar-refractivity contribution in [3.05, 3.63) is 0 Å². The number of hydrogen-bond donors (Lipinski definition) is 1. The summed E-state index contributed by atoms with van der Waals surface area (Å²) < 4.78 is 52.9. The molecular weight excluding hydrogens is 561 g/mol. The van der Waals surface area contributed by atoms with Crippen LogP contribution in [0.5, 0.6) is 0 Å². The van der Waals surface area contributed by atoms with Crippen LogP contribution >= 0.6 is 0 Å². The standard InChI is InChI=1S/C24H58O10Si4/c1-35(2,3)32-38(33-36(4,5)6,34-37(7,8)9)24-10-12-26-14-16-28-18-20-30-22-23-31-21-19-29-17-15-27-13-11-25/h25H,10-24H2,1-9H3. The number of ether oxygens (including phenoxy) is 6. The largest absolute Gasteiger partial charge is 0.469 e. The van der Waals surface area contributed by atoms with Gasteiger partial charge in [-0.05, 0) is 65.3 Å². The first-order valence-electron chi connectivity index (χ1n) is 13.9. The Kier molecular flexibility index (Phi) is 21.5. The van der Waals surface area contributed by atoms with Crippen LogP contribution in [0.15, 0.2) is 0 Å². The number of aliphatic hydroxyl groups excluding tert-OH is 1. The van der Waals surface area contributed by atoms with Gasteiger partial charge in [-0.25, -0.2) is 0 Å². The quantitative estimate of drug-likeness (QED) is 0.107. The fourth-order valence-electron chi connectivity index (χ4n) is 3.27. The lowest BCUT2D eigenvalue weighted by Crippen LogP contribution is -2.60. The molecule has 0 amide bonds. The second kappa shape index (κ2) is 21.2. The third kappa shape index (κ3) is 26.7. The lowest BCUT2D eigenvalue weighted by Gasteiger charge is -2.42. The van der Waals surface area contributed by atoms with E-state index >= 15 is 0 Å². The molecule has 10 nitrogen and oxygen atoms in total. The van der Waals surface area contributed by atoms with Crippen molar-refractivity contribution in [2.24, 2.45) is 0 Å². The Bertz CT molecular complexity index is 513. The van der Waals surface area contributed by atoms with Gasteiger partial charge in [0, 0.05) is 12.7 Å². The molecule has 0 aliphatic heterocycles. The molecule has 0 fully saturated rings. The van der Waals surface area contributed by atoms with E-state index in [2.05, 4.69) is 58.9 Å². The van der Waals surface area contributed by atoms with E-state index < -0.39 is 33.8 Å². The average Bonchev–Trinajstić information content (AvgIpc) is 2.74. The van der Waals surface area contributed by atoms with Gasteiger partial charge in [0.25, 0.3) is 0 Å². The van der Waals surface area contributed by atoms with Gasteiger partial charge in [0.1, 0.15) is 0 Å². The van der Waals surface area contributed by atoms with Gasteiger partial charge in [-0.15, -0.1) is 0 Å². The molecular formula is C24H58O10Si4. The van der Waals surface area contributed by atoms with E-state index in [1.54, 1.807) is 0 Å². The Hall–Kier alpha value is 0.468. The van der Waals surface area contributed by atoms with Crippen molar-refractivity contribution in [3.8, 4) is 0 Å². The molecule has 0 aliphatic rings. The maximum absolute atomic E-state index is 8.59. The van der Waals surface area contributed by atoms with Gasteiger partial charge in [0.15, 0.2) is 25.0 Å². The average molecular weight is 619 g/mol. The fourth-order valence-corrected chi connectivity index (χ4v) is 17.9. The molecule has 0 aromatic heterocycles. The number of hydrogen-bond acceptors (Lipinski definition) is 10. The van der Waals surface area contributed by atoms with Crippen LogP contribution in [0.25, 0.3) is 0 Å². The van der Waals surface area contributed by atoms with Gasteiger partial charge in [0.05, 0.1) is 79.3 Å². The first kappa shape index (κ1) is 38.5.